The van der Waals surface area contributed by atoms with Crippen molar-refractivity contribution in [3.63, 3.8) is 0 Å². The van der Waals surface area contributed by atoms with Crippen LogP contribution in [0, 0.1) is 5.82 Å². The number of benzene rings is 2. The van der Waals surface area contributed by atoms with Gasteiger partial charge in [0, 0.05) is 12.6 Å². The number of nitrogen functional groups attached to an aromatic ring is 2. The van der Waals surface area contributed by atoms with E-state index in [1.54, 1.807) is 36.5 Å². The molecule has 3 heterocycles. The molecule has 5 rings (SSSR count). The lowest BCUT2D eigenvalue weighted by molar-refractivity contribution is 0.178. The second-order valence-corrected chi connectivity index (χ2v) is 8.18. The van der Waals surface area contributed by atoms with Crippen molar-refractivity contribution in [2.24, 2.45) is 0 Å². The van der Waals surface area contributed by atoms with Crippen LogP contribution in [-0.4, -0.2) is 37.9 Å². The van der Waals surface area contributed by atoms with Gasteiger partial charge in [0.25, 0.3) is 5.95 Å². The molecular formula is C26H23FN8O2. The predicted octanol–water partition coefficient (Wildman–Crippen LogP) is 3.88. The topological polar surface area (TPSA) is 138 Å². The van der Waals surface area contributed by atoms with Gasteiger partial charge in [-0.15, -0.1) is 0 Å². The molecule has 0 saturated carbocycles. The third-order valence-corrected chi connectivity index (χ3v) is 5.79. The molecule has 0 saturated heterocycles. The summed E-state index contributed by atoms with van der Waals surface area (Å²) < 4.78 is 20.7. The SMILES string of the molecule is COC(=O)N(Cc1ccccc1)c1c(N)nc(-n2nc(Cc3ccccc3F)c3ncccc32)nc1N. The highest BCUT2D eigenvalue weighted by Gasteiger charge is 2.26. The smallest absolute Gasteiger partial charge is 0.414 e. The molecule has 0 aliphatic rings. The van der Waals surface area contributed by atoms with Crippen LogP contribution < -0.4 is 16.4 Å². The Morgan fingerprint density at radius 1 is 1.00 bits per heavy atom. The number of aromatic nitrogens is 5. The van der Waals surface area contributed by atoms with E-state index < -0.39 is 6.09 Å². The van der Waals surface area contributed by atoms with Crippen LogP contribution in [0.1, 0.15) is 16.8 Å². The Labute approximate surface area is 211 Å². The van der Waals surface area contributed by atoms with Gasteiger partial charge >= 0.3 is 6.09 Å². The summed E-state index contributed by atoms with van der Waals surface area (Å²) in [6.07, 6.45) is 1.17. The first kappa shape index (κ1) is 23.7. The summed E-state index contributed by atoms with van der Waals surface area (Å²) in [4.78, 5) is 27.2. The third kappa shape index (κ3) is 4.61. The lowest BCUT2D eigenvalue weighted by Crippen LogP contribution is -2.32. The van der Waals surface area contributed by atoms with Crippen molar-refractivity contribution in [2.75, 3.05) is 23.5 Å². The van der Waals surface area contributed by atoms with Crippen LogP contribution in [0.25, 0.3) is 17.0 Å². The number of carbonyl (C=O) groups is 1. The van der Waals surface area contributed by atoms with E-state index in [0.717, 1.165) is 5.56 Å². The first-order valence-corrected chi connectivity index (χ1v) is 11.3. The van der Waals surface area contributed by atoms with Crippen LogP contribution in [0.2, 0.25) is 0 Å². The summed E-state index contributed by atoms with van der Waals surface area (Å²) >= 11 is 0. The fourth-order valence-corrected chi connectivity index (χ4v) is 4.07. The molecule has 0 spiro atoms. The van der Waals surface area contributed by atoms with Crippen LogP contribution in [0.3, 0.4) is 0 Å². The molecule has 11 heteroatoms. The minimum absolute atomic E-state index is 0.0352. The summed E-state index contributed by atoms with van der Waals surface area (Å²) in [6.45, 7) is 0.145. The van der Waals surface area contributed by atoms with Crippen molar-refractivity contribution in [3.8, 4) is 5.95 Å². The highest BCUT2D eigenvalue weighted by Crippen LogP contribution is 2.31. The predicted molar refractivity (Wildman–Crippen MR) is 138 cm³/mol. The molecule has 1 amide bonds. The number of pyridine rings is 1. The highest BCUT2D eigenvalue weighted by molar-refractivity contribution is 5.95. The minimum atomic E-state index is -0.667. The molecule has 186 valence electrons. The monoisotopic (exact) mass is 498 g/mol. The molecule has 0 bridgehead atoms. The number of halogens is 1. The average Bonchev–Trinajstić information content (AvgIpc) is 3.27. The van der Waals surface area contributed by atoms with Crippen LogP contribution in [0.4, 0.5) is 26.5 Å². The van der Waals surface area contributed by atoms with Gasteiger partial charge < -0.3 is 16.2 Å². The molecule has 2 aromatic carbocycles. The van der Waals surface area contributed by atoms with Crippen LogP contribution in [0.5, 0.6) is 0 Å². The summed E-state index contributed by atoms with van der Waals surface area (Å²) in [7, 11) is 1.27. The number of amides is 1. The lowest BCUT2D eigenvalue weighted by atomic mass is 10.1. The normalized spacial score (nSPS) is 11.0. The Balaban J connectivity index is 1.57. The van der Waals surface area contributed by atoms with Gasteiger partial charge in [-0.3, -0.25) is 9.88 Å². The number of methoxy groups -OCH3 is 1. The first-order chi connectivity index (χ1) is 18.0. The van der Waals surface area contributed by atoms with Crippen LogP contribution in [0.15, 0.2) is 72.9 Å². The summed E-state index contributed by atoms with van der Waals surface area (Å²) in [5.74, 6) is -0.323. The Bertz CT molecular complexity index is 1570. The van der Waals surface area contributed by atoms with Crippen LogP contribution in [-0.2, 0) is 17.7 Å². The molecule has 4 N–H and O–H groups in total. The maximum atomic E-state index is 14.3. The molecule has 10 nitrogen and oxygen atoms in total. The largest absolute Gasteiger partial charge is 0.452 e. The van der Waals surface area contributed by atoms with E-state index in [1.807, 2.05) is 30.3 Å². The van der Waals surface area contributed by atoms with E-state index in [4.69, 9.17) is 16.2 Å². The number of fused-ring (bicyclic) bond motifs is 1. The fourth-order valence-electron chi connectivity index (χ4n) is 4.07. The van der Waals surface area contributed by atoms with E-state index in [1.165, 1.54) is 22.8 Å². The fraction of sp³-hybridized carbons (Fsp3) is 0.115. The van der Waals surface area contributed by atoms with Crippen molar-refractivity contribution in [1.29, 1.82) is 0 Å². The quantitative estimate of drug-likeness (QED) is 0.360. The Morgan fingerprint density at radius 3 is 2.41 bits per heavy atom. The maximum Gasteiger partial charge on any atom is 0.414 e. The summed E-state index contributed by atoms with van der Waals surface area (Å²) in [5.41, 5.74) is 15.8. The van der Waals surface area contributed by atoms with Gasteiger partial charge in [-0.1, -0.05) is 48.5 Å². The standard InChI is InChI=1S/C26H23FN8O2/c1-37-26(36)34(15-16-8-3-2-4-9-16)22-23(28)31-25(32-24(22)29)35-20-12-7-13-30-21(20)19(33-35)14-17-10-5-6-11-18(17)27/h2-13H,14-15H2,1H3,(H4,28,29,31,32). The van der Waals surface area contributed by atoms with E-state index >= 15 is 0 Å². The number of nitrogens with zero attached hydrogens (tertiary/aromatic N) is 6. The molecule has 0 unspecified atom stereocenters. The zero-order chi connectivity index (χ0) is 25.9. The second-order valence-electron chi connectivity index (χ2n) is 8.18. The lowest BCUT2D eigenvalue weighted by Gasteiger charge is -2.23. The Morgan fingerprint density at radius 2 is 1.70 bits per heavy atom. The van der Waals surface area contributed by atoms with E-state index in [-0.39, 0.29) is 42.1 Å². The molecule has 37 heavy (non-hydrogen) atoms. The summed E-state index contributed by atoms with van der Waals surface area (Å²) in [5, 5.41) is 4.62. The van der Waals surface area contributed by atoms with Gasteiger partial charge in [0.2, 0.25) is 0 Å². The number of hydrogen-bond acceptors (Lipinski definition) is 8. The Kier molecular flexibility index (Phi) is 6.33. The van der Waals surface area contributed by atoms with Gasteiger partial charge in [-0.25, -0.2) is 9.18 Å². The second kappa shape index (κ2) is 9.90. The molecule has 0 aliphatic carbocycles. The molecule has 0 aliphatic heterocycles. The first-order valence-electron chi connectivity index (χ1n) is 11.3. The van der Waals surface area contributed by atoms with Gasteiger partial charge in [-0.05, 0) is 29.3 Å². The molecule has 3 aromatic heterocycles. The number of nitrogens with two attached hydrogens (primary N) is 2. The van der Waals surface area contributed by atoms with Gasteiger partial charge in [-0.2, -0.15) is 19.7 Å². The van der Waals surface area contributed by atoms with E-state index in [9.17, 15) is 9.18 Å². The van der Waals surface area contributed by atoms with Gasteiger partial charge in [0.05, 0.1) is 24.9 Å². The Hall–Kier alpha value is -5.06. The third-order valence-electron chi connectivity index (χ3n) is 5.79. The zero-order valence-corrected chi connectivity index (χ0v) is 19.9. The van der Waals surface area contributed by atoms with E-state index in [2.05, 4.69) is 20.1 Å². The number of ether oxygens (including phenoxy) is 1. The van der Waals surface area contributed by atoms with E-state index in [0.29, 0.717) is 22.3 Å². The zero-order valence-electron chi connectivity index (χ0n) is 19.9. The molecule has 0 radical (unpaired) electrons. The number of rotatable bonds is 6. The highest BCUT2D eigenvalue weighted by atomic mass is 19.1. The van der Waals surface area contributed by atoms with Crippen molar-refractivity contribution >= 4 is 34.4 Å². The van der Waals surface area contributed by atoms with Crippen molar-refractivity contribution in [3.05, 3.63) is 95.6 Å². The van der Waals surface area contributed by atoms with Crippen molar-refractivity contribution < 1.29 is 13.9 Å². The van der Waals surface area contributed by atoms with Crippen molar-refractivity contribution in [1.82, 2.24) is 24.7 Å². The molecule has 0 fully saturated rings. The van der Waals surface area contributed by atoms with Crippen LogP contribution >= 0.6 is 0 Å². The van der Waals surface area contributed by atoms with Crippen molar-refractivity contribution in [2.45, 2.75) is 13.0 Å². The maximum absolute atomic E-state index is 14.3. The molecule has 0 atom stereocenters. The molecular weight excluding hydrogens is 475 g/mol. The number of hydrogen-bond donors (Lipinski definition) is 2. The summed E-state index contributed by atoms with van der Waals surface area (Å²) in [6, 6.07) is 19.3. The number of carbonyl (C=O) groups excluding carboxylic acids is 1. The number of anilines is 3. The van der Waals surface area contributed by atoms with Gasteiger partial charge in [0.15, 0.2) is 11.6 Å². The average molecular weight is 499 g/mol. The minimum Gasteiger partial charge on any atom is -0.452 e. The van der Waals surface area contributed by atoms with Gasteiger partial charge in [0.1, 0.15) is 17.0 Å². The molecule has 5 aromatic rings.